The third-order valence-electron chi connectivity index (χ3n) is 2.27. The Kier molecular flexibility index (Phi) is 3.73. The summed E-state index contributed by atoms with van der Waals surface area (Å²) in [5.41, 5.74) is 1.67. The van der Waals surface area contributed by atoms with Crippen molar-refractivity contribution in [1.29, 1.82) is 0 Å². The molecule has 0 saturated heterocycles. The Labute approximate surface area is 108 Å². The average molecular weight is 266 g/mol. The normalized spacial score (nSPS) is 12.4. The zero-order valence-corrected chi connectivity index (χ0v) is 10.9. The van der Waals surface area contributed by atoms with Crippen LogP contribution in [0.2, 0.25) is 0 Å². The Morgan fingerprint density at radius 3 is 3.00 bits per heavy atom. The summed E-state index contributed by atoms with van der Waals surface area (Å²) in [4.78, 5) is 20.9. The molecule has 7 heteroatoms. The van der Waals surface area contributed by atoms with Crippen LogP contribution < -0.4 is 10.6 Å². The maximum atomic E-state index is 11.5. The van der Waals surface area contributed by atoms with E-state index >= 15 is 0 Å². The van der Waals surface area contributed by atoms with E-state index in [0.717, 1.165) is 16.0 Å². The Balaban J connectivity index is 2.10. The lowest BCUT2D eigenvalue weighted by atomic mass is 10.4. The molecule has 2 aromatic heterocycles. The highest BCUT2D eigenvalue weighted by molar-refractivity contribution is 7.21. The molecule has 0 saturated carbocycles. The van der Waals surface area contributed by atoms with E-state index in [1.165, 1.54) is 11.3 Å². The van der Waals surface area contributed by atoms with Crippen molar-refractivity contribution < 1.29 is 9.90 Å². The summed E-state index contributed by atoms with van der Waals surface area (Å²) in [6.45, 7) is 3.51. The van der Waals surface area contributed by atoms with E-state index in [0.29, 0.717) is 5.13 Å². The van der Waals surface area contributed by atoms with Gasteiger partial charge in [0, 0.05) is 5.69 Å². The summed E-state index contributed by atoms with van der Waals surface area (Å²) >= 11 is 1.32. The SMILES string of the molecule is Cc1ccc2nc(NC(=O)N[C@@H](C)CO)sc2n1. The van der Waals surface area contributed by atoms with Gasteiger partial charge in [0.2, 0.25) is 0 Å². The molecule has 0 aliphatic carbocycles. The van der Waals surface area contributed by atoms with Gasteiger partial charge in [0.25, 0.3) is 0 Å². The number of rotatable bonds is 3. The molecule has 0 unspecified atom stereocenters. The van der Waals surface area contributed by atoms with Gasteiger partial charge in [0.05, 0.1) is 12.6 Å². The Hall–Kier alpha value is -1.73. The number of hydrogen-bond acceptors (Lipinski definition) is 5. The van der Waals surface area contributed by atoms with Gasteiger partial charge in [-0.3, -0.25) is 5.32 Å². The van der Waals surface area contributed by atoms with Gasteiger partial charge in [-0.05, 0) is 26.0 Å². The van der Waals surface area contributed by atoms with Gasteiger partial charge in [-0.25, -0.2) is 14.8 Å². The summed E-state index contributed by atoms with van der Waals surface area (Å²) in [5, 5.41) is 14.5. The average Bonchev–Trinajstić information content (AvgIpc) is 2.69. The maximum absolute atomic E-state index is 11.5. The highest BCUT2D eigenvalue weighted by atomic mass is 32.1. The van der Waals surface area contributed by atoms with Crippen LogP contribution >= 0.6 is 11.3 Å². The van der Waals surface area contributed by atoms with Crippen LogP contribution in [0.3, 0.4) is 0 Å². The van der Waals surface area contributed by atoms with Gasteiger partial charge < -0.3 is 10.4 Å². The minimum absolute atomic E-state index is 0.103. The maximum Gasteiger partial charge on any atom is 0.321 e. The molecule has 2 rings (SSSR count). The summed E-state index contributed by atoms with van der Waals surface area (Å²) in [6, 6.07) is 3.07. The molecule has 18 heavy (non-hydrogen) atoms. The van der Waals surface area contributed by atoms with Gasteiger partial charge in [-0.15, -0.1) is 0 Å². The second-order valence-corrected chi connectivity index (χ2v) is 4.96. The minimum Gasteiger partial charge on any atom is -0.394 e. The highest BCUT2D eigenvalue weighted by Gasteiger charge is 2.10. The summed E-state index contributed by atoms with van der Waals surface area (Å²) < 4.78 is 0. The van der Waals surface area contributed by atoms with E-state index in [9.17, 15) is 4.79 Å². The smallest absolute Gasteiger partial charge is 0.321 e. The van der Waals surface area contributed by atoms with Crippen LogP contribution in [0, 0.1) is 6.92 Å². The number of amides is 2. The lowest BCUT2D eigenvalue weighted by molar-refractivity contribution is 0.229. The van der Waals surface area contributed by atoms with Gasteiger partial charge in [-0.2, -0.15) is 0 Å². The predicted molar refractivity (Wildman–Crippen MR) is 70.9 cm³/mol. The second kappa shape index (κ2) is 5.28. The molecule has 2 heterocycles. The number of anilines is 1. The van der Waals surface area contributed by atoms with Crippen LogP contribution in [0.15, 0.2) is 12.1 Å². The first-order chi connectivity index (χ1) is 8.58. The standard InChI is InChI=1S/C11H14N4O2S/c1-6-3-4-8-9(12-6)18-11(14-8)15-10(17)13-7(2)5-16/h3-4,7,16H,5H2,1-2H3,(H2,13,14,15,17)/t7-/m0/s1. The fraction of sp³-hybridized carbons (Fsp3) is 0.364. The molecule has 0 aliphatic heterocycles. The number of pyridine rings is 1. The van der Waals surface area contributed by atoms with Crippen molar-refractivity contribution >= 4 is 32.8 Å². The van der Waals surface area contributed by atoms with E-state index < -0.39 is 0 Å². The van der Waals surface area contributed by atoms with Crippen LogP contribution in [0.4, 0.5) is 9.93 Å². The van der Waals surface area contributed by atoms with Crippen molar-refractivity contribution in [3.63, 3.8) is 0 Å². The van der Waals surface area contributed by atoms with Crippen LogP contribution in [0.25, 0.3) is 10.3 Å². The first-order valence-corrected chi connectivity index (χ1v) is 6.32. The van der Waals surface area contributed by atoms with Gasteiger partial charge in [0.1, 0.15) is 10.3 Å². The topological polar surface area (TPSA) is 87.1 Å². The number of nitrogens with one attached hydrogen (secondary N) is 2. The number of aliphatic hydroxyl groups is 1. The summed E-state index contributed by atoms with van der Waals surface area (Å²) in [7, 11) is 0. The highest BCUT2D eigenvalue weighted by Crippen LogP contribution is 2.24. The Morgan fingerprint density at radius 1 is 1.50 bits per heavy atom. The number of fused-ring (bicyclic) bond motifs is 1. The fourth-order valence-electron chi connectivity index (χ4n) is 1.37. The zero-order valence-electron chi connectivity index (χ0n) is 10.1. The lowest BCUT2D eigenvalue weighted by Gasteiger charge is -2.09. The number of nitrogens with zero attached hydrogens (tertiary/aromatic N) is 2. The number of carbonyl (C=O) groups is 1. The molecule has 3 N–H and O–H groups in total. The molecule has 0 spiro atoms. The number of carbonyl (C=O) groups excluding carboxylic acids is 1. The van der Waals surface area contributed by atoms with E-state index in [1.807, 2.05) is 19.1 Å². The molecule has 0 fully saturated rings. The molecule has 0 radical (unpaired) electrons. The minimum atomic E-state index is -0.382. The molecule has 2 amide bonds. The van der Waals surface area contributed by atoms with Crippen molar-refractivity contribution in [3.05, 3.63) is 17.8 Å². The zero-order chi connectivity index (χ0) is 13.1. The third-order valence-corrected chi connectivity index (χ3v) is 3.15. The summed E-state index contributed by atoms with van der Waals surface area (Å²) in [6.07, 6.45) is 0. The number of hydrogen-bond donors (Lipinski definition) is 3. The van der Waals surface area contributed by atoms with Crippen LogP contribution in [0.5, 0.6) is 0 Å². The van der Waals surface area contributed by atoms with E-state index in [2.05, 4.69) is 20.6 Å². The third kappa shape index (κ3) is 2.93. The monoisotopic (exact) mass is 266 g/mol. The predicted octanol–water partition coefficient (Wildman–Crippen LogP) is 1.50. The van der Waals surface area contributed by atoms with Gasteiger partial charge in [0.15, 0.2) is 5.13 Å². The first-order valence-electron chi connectivity index (χ1n) is 5.51. The fourth-order valence-corrected chi connectivity index (χ4v) is 2.24. The summed E-state index contributed by atoms with van der Waals surface area (Å²) in [5.74, 6) is 0. The van der Waals surface area contributed by atoms with Gasteiger partial charge in [-0.1, -0.05) is 11.3 Å². The molecular formula is C11H14N4O2S. The Morgan fingerprint density at radius 2 is 2.28 bits per heavy atom. The van der Waals surface area contributed by atoms with Crippen molar-refractivity contribution in [3.8, 4) is 0 Å². The number of urea groups is 1. The number of thiazole rings is 1. The van der Waals surface area contributed by atoms with Crippen LogP contribution in [0.1, 0.15) is 12.6 Å². The van der Waals surface area contributed by atoms with Crippen molar-refractivity contribution in [2.24, 2.45) is 0 Å². The lowest BCUT2D eigenvalue weighted by Crippen LogP contribution is -2.38. The largest absolute Gasteiger partial charge is 0.394 e. The first kappa shape index (κ1) is 12.7. The molecule has 0 aliphatic rings. The molecule has 0 bridgehead atoms. The van der Waals surface area contributed by atoms with Crippen molar-refractivity contribution in [2.75, 3.05) is 11.9 Å². The van der Waals surface area contributed by atoms with Crippen LogP contribution in [-0.2, 0) is 0 Å². The van der Waals surface area contributed by atoms with Crippen LogP contribution in [-0.4, -0.2) is 33.8 Å². The molecule has 96 valence electrons. The molecule has 2 aromatic rings. The van der Waals surface area contributed by atoms with Crippen molar-refractivity contribution in [2.45, 2.75) is 19.9 Å². The number of aromatic nitrogens is 2. The number of aryl methyl sites for hydroxylation is 1. The second-order valence-electron chi connectivity index (χ2n) is 3.98. The molecule has 6 nitrogen and oxygen atoms in total. The quantitative estimate of drug-likeness (QED) is 0.785. The van der Waals surface area contributed by atoms with E-state index in [1.54, 1.807) is 6.92 Å². The van der Waals surface area contributed by atoms with E-state index in [-0.39, 0.29) is 18.7 Å². The van der Waals surface area contributed by atoms with E-state index in [4.69, 9.17) is 5.11 Å². The molecule has 1 atom stereocenters. The number of aliphatic hydroxyl groups excluding tert-OH is 1. The van der Waals surface area contributed by atoms with Gasteiger partial charge >= 0.3 is 6.03 Å². The van der Waals surface area contributed by atoms with Crippen molar-refractivity contribution in [1.82, 2.24) is 15.3 Å². The molecular weight excluding hydrogens is 252 g/mol. The Bertz CT molecular complexity index is 569. The molecule has 0 aromatic carbocycles.